The van der Waals surface area contributed by atoms with Crippen LogP contribution in [-0.4, -0.2) is 23.9 Å². The normalized spacial score (nSPS) is 17.8. The molecule has 1 aliphatic heterocycles. The van der Waals surface area contributed by atoms with E-state index in [0.29, 0.717) is 11.3 Å². The van der Waals surface area contributed by atoms with Crippen LogP contribution in [0.4, 0.5) is 18.9 Å². The highest BCUT2D eigenvalue weighted by Gasteiger charge is 2.48. The van der Waals surface area contributed by atoms with E-state index in [2.05, 4.69) is 15.9 Å². The van der Waals surface area contributed by atoms with E-state index in [1.165, 1.54) is 13.2 Å². The first-order valence-electron chi connectivity index (χ1n) is 10.0. The number of hydrogen-bond acceptors (Lipinski definition) is 4. The van der Waals surface area contributed by atoms with E-state index in [9.17, 15) is 27.9 Å². The average molecular weight is 532 g/mol. The number of benzene rings is 3. The molecule has 1 amide bonds. The van der Waals surface area contributed by atoms with Gasteiger partial charge >= 0.3 is 6.18 Å². The predicted octanol–water partition coefficient (Wildman–Crippen LogP) is 6.10. The number of ether oxygens (including phenoxy) is 1. The highest BCUT2D eigenvalue weighted by molar-refractivity contribution is 9.10. The first kappa shape index (κ1) is 23.6. The van der Waals surface area contributed by atoms with Crippen LogP contribution in [0, 0.1) is 0 Å². The molecule has 34 heavy (non-hydrogen) atoms. The molecule has 0 aromatic heterocycles. The number of para-hydroxylation sites is 1. The van der Waals surface area contributed by atoms with Gasteiger partial charge in [0.1, 0.15) is 11.5 Å². The Morgan fingerprint density at radius 2 is 1.68 bits per heavy atom. The molecule has 3 aromatic rings. The molecule has 1 unspecified atom stereocenters. The number of rotatable bonds is 4. The lowest BCUT2D eigenvalue weighted by molar-refractivity contribution is -0.137. The molecule has 3 aromatic carbocycles. The summed E-state index contributed by atoms with van der Waals surface area (Å²) in [4.78, 5) is 27.3. The Kier molecular flexibility index (Phi) is 6.22. The van der Waals surface area contributed by atoms with E-state index in [1.807, 2.05) is 0 Å². The van der Waals surface area contributed by atoms with Crippen molar-refractivity contribution in [1.29, 1.82) is 0 Å². The van der Waals surface area contributed by atoms with Crippen LogP contribution < -0.4 is 9.64 Å². The molecule has 174 valence electrons. The van der Waals surface area contributed by atoms with Crippen molar-refractivity contribution in [2.45, 2.75) is 12.2 Å². The second-order valence-electron chi connectivity index (χ2n) is 7.47. The van der Waals surface area contributed by atoms with Crippen molar-refractivity contribution in [3.63, 3.8) is 0 Å². The van der Waals surface area contributed by atoms with Crippen LogP contribution in [0.25, 0.3) is 5.76 Å². The van der Waals surface area contributed by atoms with Gasteiger partial charge in [-0.2, -0.15) is 13.2 Å². The van der Waals surface area contributed by atoms with Gasteiger partial charge in [-0.15, -0.1) is 0 Å². The molecule has 0 bridgehead atoms. The van der Waals surface area contributed by atoms with Gasteiger partial charge in [0.15, 0.2) is 0 Å². The lowest BCUT2D eigenvalue weighted by Gasteiger charge is -2.27. The molecule has 5 nitrogen and oxygen atoms in total. The van der Waals surface area contributed by atoms with Crippen molar-refractivity contribution < 1.29 is 32.6 Å². The second kappa shape index (κ2) is 8.98. The molecule has 1 atom stereocenters. The quantitative estimate of drug-likeness (QED) is 0.251. The van der Waals surface area contributed by atoms with Crippen LogP contribution in [0.15, 0.2) is 82.8 Å². The number of anilines is 1. The predicted molar refractivity (Wildman–Crippen MR) is 123 cm³/mol. The van der Waals surface area contributed by atoms with Gasteiger partial charge in [0.2, 0.25) is 0 Å². The number of carbonyl (C=O) groups is 2. The standard InChI is InChI=1S/C25H17BrF3NO4/c1-34-19-8-3-2-7-18(19)21-20(22(31)14-9-11-16(26)12-10-14)23(32)24(33)30(21)17-6-4-5-15(13-17)25(27,28)29/h2-13,21,31H,1H3/b22-20-. The van der Waals surface area contributed by atoms with E-state index in [-0.39, 0.29) is 16.8 Å². The largest absolute Gasteiger partial charge is 0.507 e. The number of halogens is 4. The fourth-order valence-corrected chi connectivity index (χ4v) is 4.15. The summed E-state index contributed by atoms with van der Waals surface area (Å²) >= 11 is 3.29. The number of carbonyl (C=O) groups excluding carboxylic acids is 2. The summed E-state index contributed by atoms with van der Waals surface area (Å²) in [5, 5.41) is 11.1. The van der Waals surface area contributed by atoms with E-state index in [0.717, 1.165) is 27.6 Å². The molecule has 9 heteroatoms. The summed E-state index contributed by atoms with van der Waals surface area (Å²) in [6, 6.07) is 15.8. The number of Topliss-reactive ketones (excluding diaryl/α,β-unsaturated/α-hetero) is 1. The fraction of sp³-hybridized carbons (Fsp3) is 0.120. The van der Waals surface area contributed by atoms with E-state index >= 15 is 0 Å². The van der Waals surface area contributed by atoms with Crippen LogP contribution in [0.2, 0.25) is 0 Å². The molecule has 1 aliphatic rings. The molecule has 1 fully saturated rings. The Labute approximate surface area is 201 Å². The minimum absolute atomic E-state index is 0.136. The van der Waals surface area contributed by atoms with Crippen LogP contribution in [0.3, 0.4) is 0 Å². The molecule has 0 saturated carbocycles. The van der Waals surface area contributed by atoms with E-state index in [4.69, 9.17) is 4.74 Å². The zero-order valence-corrected chi connectivity index (χ0v) is 19.2. The van der Waals surface area contributed by atoms with Gasteiger partial charge in [0, 0.05) is 21.3 Å². The van der Waals surface area contributed by atoms with Crippen molar-refractivity contribution in [2.75, 3.05) is 12.0 Å². The Balaban J connectivity index is 1.98. The number of ketones is 1. The van der Waals surface area contributed by atoms with Crippen molar-refractivity contribution in [3.05, 3.63) is 99.5 Å². The van der Waals surface area contributed by atoms with Crippen molar-refractivity contribution in [3.8, 4) is 5.75 Å². The number of aliphatic hydroxyl groups is 1. The Hall–Kier alpha value is -3.59. The molecular formula is C25H17BrF3NO4. The molecule has 1 saturated heterocycles. The fourth-order valence-electron chi connectivity index (χ4n) is 3.88. The van der Waals surface area contributed by atoms with Gasteiger partial charge in [-0.05, 0) is 36.4 Å². The van der Waals surface area contributed by atoms with E-state index in [1.54, 1.807) is 48.5 Å². The maximum atomic E-state index is 13.4. The third-order valence-corrected chi connectivity index (χ3v) is 5.98. The summed E-state index contributed by atoms with van der Waals surface area (Å²) in [6.45, 7) is 0. The monoisotopic (exact) mass is 531 g/mol. The van der Waals surface area contributed by atoms with Crippen molar-refractivity contribution in [1.82, 2.24) is 0 Å². The van der Waals surface area contributed by atoms with Gasteiger partial charge in [-0.3, -0.25) is 14.5 Å². The van der Waals surface area contributed by atoms with E-state index < -0.39 is 35.2 Å². The number of aliphatic hydroxyl groups excluding tert-OH is 1. The summed E-state index contributed by atoms with van der Waals surface area (Å²) in [5.74, 6) is -2.23. The number of alkyl halides is 3. The van der Waals surface area contributed by atoms with Crippen molar-refractivity contribution in [2.24, 2.45) is 0 Å². The Morgan fingerprint density at radius 3 is 2.32 bits per heavy atom. The molecule has 0 aliphatic carbocycles. The summed E-state index contributed by atoms with van der Waals surface area (Å²) in [5.41, 5.74) is -0.763. The van der Waals surface area contributed by atoms with Gasteiger partial charge < -0.3 is 9.84 Å². The van der Waals surface area contributed by atoms with Crippen LogP contribution in [-0.2, 0) is 15.8 Å². The van der Waals surface area contributed by atoms with Crippen LogP contribution in [0.1, 0.15) is 22.7 Å². The van der Waals surface area contributed by atoms with Gasteiger partial charge in [-0.25, -0.2) is 0 Å². The van der Waals surface area contributed by atoms with Crippen molar-refractivity contribution >= 4 is 39.1 Å². The summed E-state index contributed by atoms with van der Waals surface area (Å²) < 4.78 is 46.3. The topological polar surface area (TPSA) is 66.8 Å². The minimum Gasteiger partial charge on any atom is -0.507 e. The first-order valence-corrected chi connectivity index (χ1v) is 10.8. The molecule has 1 N–H and O–H groups in total. The third kappa shape index (κ3) is 4.19. The smallest absolute Gasteiger partial charge is 0.416 e. The zero-order valence-electron chi connectivity index (χ0n) is 17.6. The number of amides is 1. The zero-order chi connectivity index (χ0) is 24.6. The second-order valence-corrected chi connectivity index (χ2v) is 8.38. The molecule has 0 radical (unpaired) electrons. The summed E-state index contributed by atoms with van der Waals surface area (Å²) in [6.07, 6.45) is -4.65. The van der Waals surface area contributed by atoms with Gasteiger partial charge in [0.05, 0.1) is 24.3 Å². The number of methoxy groups -OCH3 is 1. The maximum Gasteiger partial charge on any atom is 0.416 e. The lowest BCUT2D eigenvalue weighted by Crippen LogP contribution is -2.30. The minimum atomic E-state index is -4.65. The molecule has 0 spiro atoms. The van der Waals surface area contributed by atoms with Gasteiger partial charge in [-0.1, -0.05) is 52.3 Å². The Bertz CT molecular complexity index is 1300. The van der Waals surface area contributed by atoms with Crippen LogP contribution in [0.5, 0.6) is 5.75 Å². The third-order valence-electron chi connectivity index (χ3n) is 5.45. The van der Waals surface area contributed by atoms with Crippen LogP contribution >= 0.6 is 15.9 Å². The molecular weight excluding hydrogens is 515 g/mol. The maximum absolute atomic E-state index is 13.4. The average Bonchev–Trinajstić information content (AvgIpc) is 3.09. The molecule has 4 rings (SSSR count). The lowest BCUT2D eigenvalue weighted by atomic mass is 9.94. The highest BCUT2D eigenvalue weighted by atomic mass is 79.9. The first-order chi connectivity index (χ1) is 16.1. The highest BCUT2D eigenvalue weighted by Crippen LogP contribution is 2.45. The molecule has 1 heterocycles. The summed E-state index contributed by atoms with van der Waals surface area (Å²) in [7, 11) is 1.39. The Morgan fingerprint density at radius 1 is 1.00 bits per heavy atom. The number of hydrogen-bond donors (Lipinski definition) is 1. The number of nitrogens with zero attached hydrogens (tertiary/aromatic N) is 1. The SMILES string of the molecule is COc1ccccc1C1/C(=C(/O)c2ccc(Br)cc2)C(=O)C(=O)N1c1cccc(C(F)(F)F)c1. The van der Waals surface area contributed by atoms with Gasteiger partial charge in [0.25, 0.3) is 11.7 Å².